The average molecular weight is 285 g/mol. The molecule has 20 heavy (non-hydrogen) atoms. The van der Waals surface area contributed by atoms with E-state index in [-0.39, 0.29) is 5.56 Å². The first-order valence-electron chi connectivity index (χ1n) is 6.01. The van der Waals surface area contributed by atoms with E-state index in [4.69, 9.17) is 9.84 Å². The molecular formula is C15H11NO3S. The molecule has 0 aliphatic carbocycles. The molecule has 0 atom stereocenters. The van der Waals surface area contributed by atoms with E-state index in [9.17, 15) is 4.79 Å². The highest BCUT2D eigenvalue weighted by atomic mass is 32.1. The third-order valence-electron chi connectivity index (χ3n) is 2.99. The van der Waals surface area contributed by atoms with Crippen LogP contribution in [0.5, 0.6) is 10.9 Å². The Kier molecular flexibility index (Phi) is 3.12. The zero-order valence-electron chi connectivity index (χ0n) is 10.7. The number of carboxylic acid groups (broad SMARTS) is 1. The van der Waals surface area contributed by atoms with Crippen molar-refractivity contribution in [2.24, 2.45) is 0 Å². The average Bonchev–Trinajstić information content (AvgIpc) is 2.83. The lowest BCUT2D eigenvalue weighted by molar-refractivity contribution is 0.0695. The Morgan fingerprint density at radius 1 is 1.20 bits per heavy atom. The summed E-state index contributed by atoms with van der Waals surface area (Å²) in [4.78, 5) is 15.5. The maximum absolute atomic E-state index is 11.1. The number of thiazole rings is 1. The van der Waals surface area contributed by atoms with Gasteiger partial charge in [0, 0.05) is 5.56 Å². The van der Waals surface area contributed by atoms with Gasteiger partial charge in [-0.25, -0.2) is 9.78 Å². The first kappa shape index (κ1) is 12.6. The minimum absolute atomic E-state index is 0.239. The van der Waals surface area contributed by atoms with Gasteiger partial charge in [-0.1, -0.05) is 29.5 Å². The van der Waals surface area contributed by atoms with Crippen LogP contribution in [0.1, 0.15) is 15.9 Å². The molecule has 5 heteroatoms. The zero-order chi connectivity index (χ0) is 14.1. The highest BCUT2D eigenvalue weighted by molar-refractivity contribution is 7.20. The summed E-state index contributed by atoms with van der Waals surface area (Å²) in [5.41, 5.74) is 1.71. The minimum Gasteiger partial charge on any atom is -0.478 e. The van der Waals surface area contributed by atoms with Gasteiger partial charge in [-0.2, -0.15) is 0 Å². The Labute approximate surface area is 119 Å². The number of rotatable bonds is 3. The third-order valence-corrected chi connectivity index (χ3v) is 3.90. The molecule has 3 aromatic rings. The lowest BCUT2D eigenvalue weighted by Crippen LogP contribution is -2.00. The predicted octanol–water partition coefficient (Wildman–Crippen LogP) is 4.10. The minimum atomic E-state index is -0.961. The van der Waals surface area contributed by atoms with Crippen molar-refractivity contribution in [2.45, 2.75) is 6.92 Å². The summed E-state index contributed by atoms with van der Waals surface area (Å²) >= 11 is 1.43. The van der Waals surface area contributed by atoms with Crippen molar-refractivity contribution in [3.8, 4) is 10.9 Å². The lowest BCUT2D eigenvalue weighted by atomic mass is 10.1. The van der Waals surface area contributed by atoms with E-state index in [1.807, 2.05) is 24.3 Å². The van der Waals surface area contributed by atoms with Gasteiger partial charge in [-0.15, -0.1) is 0 Å². The van der Waals surface area contributed by atoms with Gasteiger partial charge in [0.2, 0.25) is 0 Å². The number of carbonyl (C=O) groups is 1. The monoisotopic (exact) mass is 285 g/mol. The van der Waals surface area contributed by atoms with Gasteiger partial charge in [-0.3, -0.25) is 0 Å². The van der Waals surface area contributed by atoms with Gasteiger partial charge in [0.05, 0.1) is 15.8 Å². The molecular weight excluding hydrogens is 274 g/mol. The fourth-order valence-corrected chi connectivity index (χ4v) is 2.77. The molecule has 2 aromatic carbocycles. The molecule has 100 valence electrons. The highest BCUT2D eigenvalue weighted by Crippen LogP contribution is 2.33. The Hall–Kier alpha value is -2.40. The number of nitrogens with zero attached hydrogens (tertiary/aromatic N) is 1. The van der Waals surface area contributed by atoms with E-state index in [2.05, 4.69) is 4.98 Å². The fourth-order valence-electron chi connectivity index (χ4n) is 1.95. The van der Waals surface area contributed by atoms with Gasteiger partial charge in [0.25, 0.3) is 5.19 Å². The second-order valence-corrected chi connectivity index (χ2v) is 5.28. The van der Waals surface area contributed by atoms with Crippen LogP contribution in [0.25, 0.3) is 10.2 Å². The summed E-state index contributed by atoms with van der Waals surface area (Å²) in [5.74, 6) is -0.443. The van der Waals surface area contributed by atoms with Crippen LogP contribution in [-0.4, -0.2) is 16.1 Å². The van der Waals surface area contributed by atoms with Gasteiger partial charge in [0.1, 0.15) is 5.75 Å². The molecule has 0 radical (unpaired) electrons. The second-order valence-electron chi connectivity index (χ2n) is 4.28. The van der Waals surface area contributed by atoms with Gasteiger partial charge in [0.15, 0.2) is 0 Å². The molecule has 0 bridgehead atoms. The second kappa shape index (κ2) is 4.94. The first-order chi connectivity index (χ1) is 9.65. The molecule has 0 aliphatic heterocycles. The van der Waals surface area contributed by atoms with E-state index >= 15 is 0 Å². The molecule has 0 amide bonds. The van der Waals surface area contributed by atoms with Crippen LogP contribution in [0, 0.1) is 6.92 Å². The Morgan fingerprint density at radius 2 is 2.00 bits per heavy atom. The number of fused-ring (bicyclic) bond motifs is 1. The summed E-state index contributed by atoms with van der Waals surface area (Å²) in [5, 5.41) is 9.61. The summed E-state index contributed by atoms with van der Waals surface area (Å²) in [7, 11) is 0. The lowest BCUT2D eigenvalue weighted by Gasteiger charge is -2.07. The van der Waals surface area contributed by atoms with Gasteiger partial charge in [-0.05, 0) is 31.2 Å². The fraction of sp³-hybridized carbons (Fsp3) is 0.0667. The third kappa shape index (κ3) is 2.23. The summed E-state index contributed by atoms with van der Waals surface area (Å²) in [6, 6.07) is 12.7. The number of hydrogen-bond donors (Lipinski definition) is 1. The van der Waals surface area contributed by atoms with Crippen molar-refractivity contribution in [2.75, 3.05) is 0 Å². The molecule has 0 unspecified atom stereocenters. The van der Waals surface area contributed by atoms with Crippen LogP contribution >= 0.6 is 11.3 Å². The molecule has 4 nitrogen and oxygen atoms in total. The number of benzene rings is 2. The summed E-state index contributed by atoms with van der Waals surface area (Å²) < 4.78 is 6.77. The normalized spacial score (nSPS) is 10.7. The topological polar surface area (TPSA) is 59.4 Å². The van der Waals surface area contributed by atoms with E-state index in [1.165, 1.54) is 11.3 Å². The number of carboxylic acids is 1. The summed E-state index contributed by atoms with van der Waals surface area (Å²) in [6.07, 6.45) is 0. The van der Waals surface area contributed by atoms with Crippen LogP contribution in [0.2, 0.25) is 0 Å². The molecule has 0 saturated carbocycles. The van der Waals surface area contributed by atoms with Crippen molar-refractivity contribution < 1.29 is 14.6 Å². The van der Waals surface area contributed by atoms with Crippen LogP contribution in [0.15, 0.2) is 42.5 Å². The molecule has 3 rings (SSSR count). The molecule has 1 aromatic heterocycles. The zero-order valence-corrected chi connectivity index (χ0v) is 11.5. The Balaban J connectivity index is 1.98. The molecule has 0 aliphatic rings. The van der Waals surface area contributed by atoms with Crippen molar-refractivity contribution in [3.05, 3.63) is 53.6 Å². The van der Waals surface area contributed by atoms with Crippen molar-refractivity contribution >= 4 is 27.5 Å². The smallest absolute Gasteiger partial charge is 0.336 e. The maximum atomic E-state index is 11.1. The molecule has 0 spiro atoms. The molecule has 0 saturated heterocycles. The Morgan fingerprint density at radius 3 is 2.75 bits per heavy atom. The van der Waals surface area contributed by atoms with E-state index in [0.717, 1.165) is 10.2 Å². The number of ether oxygens (including phenoxy) is 1. The van der Waals surface area contributed by atoms with Crippen LogP contribution in [0.3, 0.4) is 0 Å². The highest BCUT2D eigenvalue weighted by Gasteiger charge is 2.13. The van der Waals surface area contributed by atoms with E-state index < -0.39 is 5.97 Å². The van der Waals surface area contributed by atoms with Crippen LogP contribution in [-0.2, 0) is 0 Å². The van der Waals surface area contributed by atoms with Crippen molar-refractivity contribution in [1.29, 1.82) is 0 Å². The predicted molar refractivity (Wildman–Crippen MR) is 77.8 cm³/mol. The number of aromatic nitrogens is 1. The number of aromatic carboxylic acids is 1. The molecule has 1 N–H and O–H groups in total. The number of para-hydroxylation sites is 1. The van der Waals surface area contributed by atoms with E-state index in [0.29, 0.717) is 16.5 Å². The van der Waals surface area contributed by atoms with E-state index in [1.54, 1.807) is 25.1 Å². The van der Waals surface area contributed by atoms with Crippen molar-refractivity contribution in [3.63, 3.8) is 0 Å². The quantitative estimate of drug-likeness (QED) is 0.787. The first-order valence-corrected chi connectivity index (χ1v) is 6.83. The van der Waals surface area contributed by atoms with Crippen LogP contribution < -0.4 is 4.74 Å². The standard InChI is InChI=1S/C15H11NO3S/c1-9-10(14(17)18)5-4-7-12(9)19-15-16-11-6-2-3-8-13(11)20-15/h2-8H,1H3,(H,17,18). The Bertz CT molecular complexity index is 762. The van der Waals surface area contributed by atoms with Gasteiger partial charge >= 0.3 is 5.97 Å². The molecule has 1 heterocycles. The SMILES string of the molecule is Cc1c(Oc2nc3ccccc3s2)cccc1C(=O)O. The van der Waals surface area contributed by atoms with Gasteiger partial charge < -0.3 is 9.84 Å². The van der Waals surface area contributed by atoms with Crippen molar-refractivity contribution in [1.82, 2.24) is 4.98 Å². The number of hydrogen-bond acceptors (Lipinski definition) is 4. The summed E-state index contributed by atoms with van der Waals surface area (Å²) in [6.45, 7) is 1.73. The molecule has 0 fully saturated rings. The maximum Gasteiger partial charge on any atom is 0.336 e. The van der Waals surface area contributed by atoms with Crippen LogP contribution in [0.4, 0.5) is 0 Å². The largest absolute Gasteiger partial charge is 0.478 e.